The van der Waals surface area contributed by atoms with E-state index in [1.165, 1.54) is 17.4 Å². The van der Waals surface area contributed by atoms with Gasteiger partial charge in [0, 0.05) is 18.3 Å². The highest BCUT2D eigenvalue weighted by Gasteiger charge is 2.25. The molecule has 0 fully saturated rings. The first-order chi connectivity index (χ1) is 13.3. The van der Waals surface area contributed by atoms with Gasteiger partial charge in [0.2, 0.25) is 0 Å². The fourth-order valence-electron chi connectivity index (χ4n) is 3.10. The average molecular weight is 440 g/mol. The minimum absolute atomic E-state index is 0. The van der Waals surface area contributed by atoms with Crippen LogP contribution >= 0.6 is 23.7 Å². The van der Waals surface area contributed by atoms with Crippen LogP contribution in [0.3, 0.4) is 0 Å². The zero-order valence-electron chi connectivity index (χ0n) is 17.3. The van der Waals surface area contributed by atoms with Crippen LogP contribution in [0.2, 0.25) is 0 Å². The van der Waals surface area contributed by atoms with E-state index >= 15 is 0 Å². The zero-order chi connectivity index (χ0) is 20.4. The van der Waals surface area contributed by atoms with Gasteiger partial charge >= 0.3 is 0 Å². The third kappa shape index (κ3) is 5.12. The number of aryl methyl sites for hydroxylation is 1. The van der Waals surface area contributed by atoms with Crippen molar-refractivity contribution < 1.29 is 9.18 Å². The van der Waals surface area contributed by atoms with E-state index in [2.05, 4.69) is 15.0 Å². The molecule has 3 aromatic rings. The van der Waals surface area contributed by atoms with Crippen LogP contribution in [0.4, 0.5) is 9.52 Å². The number of nitrogens with zero attached hydrogens (tertiary/aromatic N) is 5. The van der Waals surface area contributed by atoms with Gasteiger partial charge in [0.25, 0.3) is 5.91 Å². The van der Waals surface area contributed by atoms with Gasteiger partial charge in [-0.2, -0.15) is 5.10 Å². The fourth-order valence-corrected chi connectivity index (χ4v) is 4.11. The molecule has 1 aromatic carbocycles. The predicted molar refractivity (Wildman–Crippen MR) is 119 cm³/mol. The van der Waals surface area contributed by atoms with Crippen molar-refractivity contribution in [1.29, 1.82) is 0 Å². The number of anilines is 1. The van der Waals surface area contributed by atoms with Crippen molar-refractivity contribution in [2.45, 2.75) is 33.2 Å². The third-order valence-electron chi connectivity index (χ3n) is 4.45. The number of benzene rings is 1. The lowest BCUT2D eigenvalue weighted by Gasteiger charge is -2.20. The summed E-state index contributed by atoms with van der Waals surface area (Å²) in [5, 5.41) is 4.99. The van der Waals surface area contributed by atoms with E-state index in [-0.39, 0.29) is 30.2 Å². The largest absolute Gasteiger partial charge is 0.309 e. The second-order valence-corrected chi connectivity index (χ2v) is 8.42. The Bertz CT molecular complexity index is 985. The summed E-state index contributed by atoms with van der Waals surface area (Å²) in [5.74, 6) is -0.582. The summed E-state index contributed by atoms with van der Waals surface area (Å²) in [6.45, 7) is 7.32. The normalized spacial score (nSPS) is 11.3. The van der Waals surface area contributed by atoms with Gasteiger partial charge in [-0.05, 0) is 66.0 Å². The summed E-state index contributed by atoms with van der Waals surface area (Å²) >= 11 is 1.32. The standard InChI is InChI=1S/C20H26FN5OS.ClH/c1-13(2)26-14(3)12-16(23-26)19(27)25(11-7-10-24(4)5)20-22-18-15(21)8-6-9-17(18)28-20;/h6,8-9,12-13H,7,10-11H2,1-5H3;1H. The number of halogens is 2. The summed E-state index contributed by atoms with van der Waals surface area (Å²) in [6, 6.07) is 6.83. The molecule has 0 aliphatic carbocycles. The Morgan fingerprint density at radius 3 is 2.59 bits per heavy atom. The molecular weight excluding hydrogens is 413 g/mol. The molecular formula is C20H27ClFN5OS. The first kappa shape index (κ1) is 23.3. The van der Waals surface area contributed by atoms with Gasteiger partial charge in [-0.1, -0.05) is 17.4 Å². The number of hydrogen-bond acceptors (Lipinski definition) is 5. The number of aromatic nitrogens is 3. The monoisotopic (exact) mass is 439 g/mol. The molecule has 2 aromatic heterocycles. The summed E-state index contributed by atoms with van der Waals surface area (Å²) in [6.07, 6.45) is 0.779. The molecule has 0 atom stereocenters. The van der Waals surface area contributed by atoms with E-state index < -0.39 is 0 Å². The molecule has 0 saturated heterocycles. The molecule has 0 radical (unpaired) electrons. The highest BCUT2D eigenvalue weighted by Crippen LogP contribution is 2.31. The summed E-state index contributed by atoms with van der Waals surface area (Å²) < 4.78 is 16.7. The number of hydrogen-bond donors (Lipinski definition) is 0. The molecule has 0 spiro atoms. The molecule has 2 heterocycles. The average Bonchev–Trinajstić information content (AvgIpc) is 3.22. The number of para-hydroxylation sites is 1. The van der Waals surface area contributed by atoms with Gasteiger partial charge < -0.3 is 4.90 Å². The lowest BCUT2D eigenvalue weighted by atomic mass is 10.3. The van der Waals surface area contributed by atoms with Crippen LogP contribution < -0.4 is 4.90 Å². The van der Waals surface area contributed by atoms with Crippen LogP contribution in [0.5, 0.6) is 0 Å². The van der Waals surface area contributed by atoms with Crippen LogP contribution in [0, 0.1) is 12.7 Å². The van der Waals surface area contributed by atoms with Gasteiger partial charge in [0.1, 0.15) is 11.3 Å². The lowest BCUT2D eigenvalue weighted by Crippen LogP contribution is -2.33. The summed E-state index contributed by atoms with van der Waals surface area (Å²) in [4.78, 5) is 21.4. The van der Waals surface area contributed by atoms with Crippen molar-refractivity contribution >= 4 is 45.0 Å². The van der Waals surface area contributed by atoms with Crippen molar-refractivity contribution in [2.75, 3.05) is 32.1 Å². The van der Waals surface area contributed by atoms with Crippen molar-refractivity contribution in [2.24, 2.45) is 0 Å². The summed E-state index contributed by atoms with van der Waals surface area (Å²) in [7, 11) is 3.99. The Hall–Kier alpha value is -2.03. The Kier molecular flexibility index (Phi) is 7.73. The number of fused-ring (bicyclic) bond motifs is 1. The molecule has 1 amide bonds. The highest BCUT2D eigenvalue weighted by atomic mass is 35.5. The minimum atomic E-state index is -0.374. The molecule has 158 valence electrons. The molecule has 0 unspecified atom stereocenters. The first-order valence-corrected chi connectivity index (χ1v) is 10.2. The van der Waals surface area contributed by atoms with Gasteiger partial charge in [-0.3, -0.25) is 14.4 Å². The Morgan fingerprint density at radius 2 is 2.00 bits per heavy atom. The van der Waals surface area contributed by atoms with Crippen molar-refractivity contribution in [3.8, 4) is 0 Å². The maximum Gasteiger partial charge on any atom is 0.280 e. The van der Waals surface area contributed by atoms with E-state index in [0.717, 1.165) is 23.4 Å². The molecule has 0 aliphatic rings. The SMILES string of the molecule is Cc1cc(C(=O)N(CCCN(C)C)c2nc3c(F)cccc3s2)nn1C(C)C.Cl. The van der Waals surface area contributed by atoms with Crippen molar-refractivity contribution in [1.82, 2.24) is 19.7 Å². The highest BCUT2D eigenvalue weighted by molar-refractivity contribution is 7.22. The van der Waals surface area contributed by atoms with Gasteiger partial charge in [0.05, 0.1) is 4.70 Å². The van der Waals surface area contributed by atoms with Gasteiger partial charge in [0.15, 0.2) is 10.8 Å². The van der Waals surface area contributed by atoms with Crippen LogP contribution in [0.1, 0.15) is 42.5 Å². The smallest absolute Gasteiger partial charge is 0.280 e. The molecule has 0 saturated carbocycles. The van der Waals surface area contributed by atoms with Gasteiger partial charge in [-0.25, -0.2) is 9.37 Å². The number of rotatable bonds is 7. The molecule has 29 heavy (non-hydrogen) atoms. The summed E-state index contributed by atoms with van der Waals surface area (Å²) in [5.41, 5.74) is 1.62. The third-order valence-corrected chi connectivity index (χ3v) is 5.50. The van der Waals surface area contributed by atoms with E-state index in [1.54, 1.807) is 17.0 Å². The fraction of sp³-hybridized carbons (Fsp3) is 0.450. The lowest BCUT2D eigenvalue weighted by molar-refractivity contribution is 0.0980. The molecule has 0 N–H and O–H groups in total. The van der Waals surface area contributed by atoms with E-state index in [0.29, 0.717) is 22.9 Å². The van der Waals surface area contributed by atoms with E-state index in [1.807, 2.05) is 45.6 Å². The first-order valence-electron chi connectivity index (χ1n) is 9.35. The topological polar surface area (TPSA) is 54.3 Å². The van der Waals surface area contributed by atoms with Crippen molar-refractivity contribution in [3.63, 3.8) is 0 Å². The number of thiazole rings is 1. The van der Waals surface area contributed by atoms with Crippen LogP contribution in [0.15, 0.2) is 24.3 Å². The Morgan fingerprint density at radius 1 is 1.28 bits per heavy atom. The Labute approximate surface area is 180 Å². The number of carbonyl (C=O) groups excluding carboxylic acids is 1. The minimum Gasteiger partial charge on any atom is -0.309 e. The second-order valence-electron chi connectivity index (χ2n) is 7.41. The van der Waals surface area contributed by atoms with Crippen LogP contribution in [-0.4, -0.2) is 52.8 Å². The van der Waals surface area contributed by atoms with Crippen molar-refractivity contribution in [3.05, 3.63) is 41.5 Å². The van der Waals surface area contributed by atoms with E-state index in [4.69, 9.17) is 0 Å². The number of carbonyl (C=O) groups is 1. The molecule has 6 nitrogen and oxygen atoms in total. The molecule has 0 aliphatic heterocycles. The maximum atomic E-state index is 14.1. The molecule has 0 bridgehead atoms. The Balaban J connectivity index is 0.00000300. The predicted octanol–water partition coefficient (Wildman–Crippen LogP) is 4.54. The molecule has 9 heteroatoms. The number of amides is 1. The zero-order valence-corrected chi connectivity index (χ0v) is 19.0. The second kappa shape index (κ2) is 9.65. The molecule has 3 rings (SSSR count). The van der Waals surface area contributed by atoms with E-state index in [9.17, 15) is 9.18 Å². The van der Waals surface area contributed by atoms with Gasteiger partial charge in [-0.15, -0.1) is 12.4 Å². The quantitative estimate of drug-likeness (QED) is 0.542. The van der Waals surface area contributed by atoms with Crippen LogP contribution in [0.25, 0.3) is 10.2 Å². The maximum absolute atomic E-state index is 14.1. The van der Waals surface area contributed by atoms with Crippen LogP contribution in [-0.2, 0) is 0 Å².